The van der Waals surface area contributed by atoms with Crippen molar-refractivity contribution in [1.29, 1.82) is 0 Å². The predicted octanol–water partition coefficient (Wildman–Crippen LogP) is 2.16. The highest BCUT2D eigenvalue weighted by Crippen LogP contribution is 2.13. The van der Waals surface area contributed by atoms with E-state index in [0.717, 1.165) is 5.56 Å². The van der Waals surface area contributed by atoms with Gasteiger partial charge >= 0.3 is 0 Å². The maximum Gasteiger partial charge on any atom is 0.187 e. The molecule has 0 heterocycles. The third-order valence-electron chi connectivity index (χ3n) is 1.52. The van der Waals surface area contributed by atoms with Gasteiger partial charge in [-0.1, -0.05) is 40.3 Å². The van der Waals surface area contributed by atoms with Crippen molar-refractivity contribution in [2.75, 3.05) is 3.76 Å². The van der Waals surface area contributed by atoms with Gasteiger partial charge in [-0.15, -0.1) is 0 Å². The van der Waals surface area contributed by atoms with Gasteiger partial charge in [-0.3, -0.25) is 0 Å². The quantitative estimate of drug-likeness (QED) is 0.476. The topological polar surface area (TPSA) is 34.1 Å². The summed E-state index contributed by atoms with van der Waals surface area (Å²) in [4.78, 5) is 0.405. The highest BCUT2D eigenvalue weighted by molar-refractivity contribution is 14.1. The zero-order valence-corrected chi connectivity index (χ0v) is 9.59. The average Bonchev–Trinajstić information content (AvgIpc) is 2.05. The van der Waals surface area contributed by atoms with Crippen LogP contribution in [0.4, 0.5) is 0 Å². The fourth-order valence-corrected chi connectivity index (χ4v) is 2.56. The Morgan fingerprint density at radius 1 is 1.25 bits per heavy atom. The fourth-order valence-electron chi connectivity index (χ4n) is 0.809. The molecule has 66 valence electrons. The summed E-state index contributed by atoms with van der Waals surface area (Å²) in [7, 11) is -3.03. The van der Waals surface area contributed by atoms with Gasteiger partial charge in [0.05, 0.1) is 4.90 Å². The summed E-state index contributed by atoms with van der Waals surface area (Å²) in [6.07, 6.45) is 0. The second-order valence-electron chi connectivity index (χ2n) is 2.54. The normalized spacial score (nSPS) is 11.5. The summed E-state index contributed by atoms with van der Waals surface area (Å²) in [5.74, 6) is 0. The largest absolute Gasteiger partial charge is 0.223 e. The maximum absolute atomic E-state index is 11.3. The first-order valence-electron chi connectivity index (χ1n) is 3.41. The van der Waals surface area contributed by atoms with E-state index in [1.54, 1.807) is 24.3 Å². The number of aryl methyl sites for hydroxylation is 1. The Kier molecular flexibility index (Phi) is 3.11. The molecule has 0 saturated heterocycles. The fraction of sp³-hybridized carbons (Fsp3) is 0.250. The lowest BCUT2D eigenvalue weighted by atomic mass is 10.2. The highest BCUT2D eigenvalue weighted by Gasteiger charge is 2.10. The molecule has 0 aromatic heterocycles. The van der Waals surface area contributed by atoms with E-state index in [-0.39, 0.29) is 3.76 Å². The van der Waals surface area contributed by atoms with Crippen LogP contribution in [0.25, 0.3) is 0 Å². The molecule has 0 spiro atoms. The first-order chi connectivity index (χ1) is 5.56. The Morgan fingerprint density at radius 2 is 1.75 bits per heavy atom. The smallest absolute Gasteiger partial charge is 0.187 e. The van der Waals surface area contributed by atoms with Crippen LogP contribution in [0.3, 0.4) is 0 Å². The Labute approximate surface area is 86.0 Å². The van der Waals surface area contributed by atoms with Crippen LogP contribution in [0.15, 0.2) is 29.2 Å². The second kappa shape index (κ2) is 3.74. The molecule has 0 fully saturated rings. The number of alkyl halides is 1. The van der Waals surface area contributed by atoms with Crippen molar-refractivity contribution in [3.63, 3.8) is 0 Å². The van der Waals surface area contributed by atoms with Gasteiger partial charge in [0, 0.05) is 0 Å². The Morgan fingerprint density at radius 3 is 2.17 bits per heavy atom. The molecule has 0 unspecified atom stereocenters. The molecule has 0 aliphatic heterocycles. The van der Waals surface area contributed by atoms with E-state index in [0.29, 0.717) is 4.90 Å². The summed E-state index contributed by atoms with van der Waals surface area (Å²) in [6.45, 7) is 1.93. The molecule has 0 radical (unpaired) electrons. The number of hydrogen-bond donors (Lipinski definition) is 0. The molecule has 1 aromatic rings. The lowest BCUT2D eigenvalue weighted by Gasteiger charge is -1.99. The van der Waals surface area contributed by atoms with Gasteiger partial charge < -0.3 is 0 Å². The van der Waals surface area contributed by atoms with E-state index >= 15 is 0 Å². The van der Waals surface area contributed by atoms with Crippen LogP contribution in [-0.4, -0.2) is 12.2 Å². The molecule has 0 aliphatic rings. The number of hydrogen-bond acceptors (Lipinski definition) is 2. The van der Waals surface area contributed by atoms with Gasteiger partial charge in [0.2, 0.25) is 0 Å². The number of sulfone groups is 1. The summed E-state index contributed by atoms with van der Waals surface area (Å²) in [6, 6.07) is 6.89. The summed E-state index contributed by atoms with van der Waals surface area (Å²) >= 11 is 1.85. The van der Waals surface area contributed by atoms with Crippen LogP contribution in [-0.2, 0) is 9.84 Å². The monoisotopic (exact) mass is 297 g/mol. The van der Waals surface area contributed by atoms with Crippen LogP contribution in [0.2, 0.25) is 0 Å². The Balaban J connectivity index is 3.14. The van der Waals surface area contributed by atoms with Crippen LogP contribution in [0, 0.1) is 6.92 Å². The molecule has 4 heteroatoms. The van der Waals surface area contributed by atoms with Crippen molar-refractivity contribution < 1.29 is 8.42 Å². The van der Waals surface area contributed by atoms with Gasteiger partial charge in [0.25, 0.3) is 0 Å². The van der Waals surface area contributed by atoms with Crippen molar-refractivity contribution >= 4 is 32.4 Å². The maximum atomic E-state index is 11.3. The summed E-state index contributed by atoms with van der Waals surface area (Å²) in [5, 5.41) is 0. The van der Waals surface area contributed by atoms with Crippen LogP contribution in [0.5, 0.6) is 0 Å². The van der Waals surface area contributed by atoms with Crippen LogP contribution in [0.1, 0.15) is 5.56 Å². The molecule has 12 heavy (non-hydrogen) atoms. The number of benzene rings is 1. The lowest BCUT2D eigenvalue weighted by molar-refractivity contribution is 0.601. The molecular formula is C8H9IO2S. The standard InChI is InChI=1S/C8H9IO2S/c1-7-2-4-8(5-3-7)12(10,11)6-9/h2-5H,6H2,1H3/i6+1. The Hall–Kier alpha value is -0.100. The molecule has 1 rings (SSSR count). The van der Waals surface area contributed by atoms with Crippen molar-refractivity contribution in [2.45, 2.75) is 11.8 Å². The first kappa shape index (κ1) is 9.98. The average molecular weight is 297 g/mol. The van der Waals surface area contributed by atoms with Crippen LogP contribution >= 0.6 is 22.6 Å². The van der Waals surface area contributed by atoms with Gasteiger partial charge in [0.15, 0.2) is 9.84 Å². The molecular weight excluding hydrogens is 288 g/mol. The summed E-state index contributed by atoms with van der Waals surface area (Å²) in [5.41, 5.74) is 1.07. The van der Waals surface area contributed by atoms with Gasteiger partial charge in [-0.05, 0) is 19.1 Å². The molecule has 2 nitrogen and oxygen atoms in total. The van der Waals surface area contributed by atoms with E-state index in [2.05, 4.69) is 0 Å². The molecule has 0 N–H and O–H groups in total. The van der Waals surface area contributed by atoms with Crippen molar-refractivity contribution in [3.05, 3.63) is 29.8 Å². The minimum Gasteiger partial charge on any atom is -0.223 e. The zero-order chi connectivity index (χ0) is 9.19. The molecule has 0 atom stereocenters. The minimum absolute atomic E-state index is 0.133. The Bertz CT molecular complexity index is 353. The third kappa shape index (κ3) is 2.20. The molecule has 0 amide bonds. The SMILES string of the molecule is Cc1ccc(S(=O)(=O)[13CH2]I)cc1. The second-order valence-corrected chi connectivity index (χ2v) is 6.32. The van der Waals surface area contributed by atoms with Crippen molar-refractivity contribution in [3.8, 4) is 0 Å². The van der Waals surface area contributed by atoms with Crippen LogP contribution < -0.4 is 0 Å². The van der Waals surface area contributed by atoms with Crippen molar-refractivity contribution in [1.82, 2.24) is 0 Å². The zero-order valence-electron chi connectivity index (χ0n) is 6.62. The summed E-state index contributed by atoms with van der Waals surface area (Å²) < 4.78 is 22.7. The van der Waals surface area contributed by atoms with Gasteiger partial charge in [0.1, 0.15) is 3.76 Å². The van der Waals surface area contributed by atoms with Crippen molar-refractivity contribution in [2.24, 2.45) is 0 Å². The van der Waals surface area contributed by atoms with E-state index in [4.69, 9.17) is 0 Å². The van der Waals surface area contributed by atoms with E-state index in [1.807, 2.05) is 29.5 Å². The third-order valence-corrected chi connectivity index (χ3v) is 5.26. The number of halogens is 1. The lowest BCUT2D eigenvalue weighted by Crippen LogP contribution is -2.00. The minimum atomic E-state index is -3.03. The van der Waals surface area contributed by atoms with Gasteiger partial charge in [-0.2, -0.15) is 0 Å². The van der Waals surface area contributed by atoms with E-state index in [1.165, 1.54) is 0 Å². The molecule has 0 bridgehead atoms. The van der Waals surface area contributed by atoms with E-state index < -0.39 is 9.84 Å². The molecule has 0 aliphatic carbocycles. The first-order valence-corrected chi connectivity index (χ1v) is 6.59. The van der Waals surface area contributed by atoms with Gasteiger partial charge in [-0.25, -0.2) is 8.42 Å². The molecule has 1 aromatic carbocycles. The predicted molar refractivity (Wildman–Crippen MR) is 57.3 cm³/mol. The highest BCUT2D eigenvalue weighted by atomic mass is 127. The molecule has 0 saturated carbocycles. The number of rotatable bonds is 2. The van der Waals surface area contributed by atoms with E-state index in [9.17, 15) is 8.42 Å².